The Balaban J connectivity index is 2.14. The van der Waals surface area contributed by atoms with Gasteiger partial charge in [0.1, 0.15) is 5.75 Å². The van der Waals surface area contributed by atoms with E-state index in [9.17, 15) is 9.90 Å². The first-order valence-corrected chi connectivity index (χ1v) is 6.48. The number of hydrogen-bond acceptors (Lipinski definition) is 2. The molecular weight excluding hydrogens is 306 g/mol. The molecule has 0 aliphatic heterocycles. The van der Waals surface area contributed by atoms with Gasteiger partial charge in [0.2, 0.25) is 0 Å². The van der Waals surface area contributed by atoms with Crippen LogP contribution >= 0.6 is 16.1 Å². The van der Waals surface area contributed by atoms with E-state index in [2.05, 4.69) is 16.1 Å². The molecule has 3 nitrogen and oxygen atoms in total. The van der Waals surface area contributed by atoms with Crippen molar-refractivity contribution in [1.29, 1.82) is 0 Å². The van der Waals surface area contributed by atoms with Crippen LogP contribution in [-0.4, -0.2) is 14.5 Å². The average molecular weight is 316 g/mol. The molecule has 2 aromatic carbocycles. The minimum Gasteiger partial charge on any atom is -0.508 e. The lowest BCUT2D eigenvalue weighted by Gasteiger charge is -1.99. The highest BCUT2D eigenvalue weighted by Crippen LogP contribution is 2.25. The smallest absolute Gasteiger partial charge is 0.195 e. The summed E-state index contributed by atoms with van der Waals surface area (Å²) in [5, 5.41) is 10.2. The van der Waals surface area contributed by atoms with Crippen molar-refractivity contribution < 1.29 is 9.90 Å². The van der Waals surface area contributed by atoms with Gasteiger partial charge in [-0.15, -0.1) is 0 Å². The Morgan fingerprint density at radius 2 is 1.74 bits per heavy atom. The predicted octanol–water partition coefficient (Wildman–Crippen LogP) is 3.74. The maximum absolute atomic E-state index is 12.5. The summed E-state index contributed by atoms with van der Waals surface area (Å²) < 4.78 is 1.76. The average Bonchev–Trinajstić information content (AvgIpc) is 2.77. The summed E-state index contributed by atoms with van der Waals surface area (Å²) in [6.45, 7) is 0. The molecule has 0 aliphatic rings. The van der Waals surface area contributed by atoms with Crippen LogP contribution in [0.2, 0.25) is 0 Å². The van der Waals surface area contributed by atoms with E-state index in [1.165, 1.54) is 12.1 Å². The standard InChI is InChI=1S/C15H10BrNO2/c16-17-9-13(12-3-1-2-4-14(12)17)15(19)10-5-7-11(18)8-6-10/h1-9,18H. The number of carbonyl (C=O) groups excluding carboxylic acids is 1. The van der Waals surface area contributed by atoms with Gasteiger partial charge in [-0.2, -0.15) is 0 Å². The largest absolute Gasteiger partial charge is 0.508 e. The van der Waals surface area contributed by atoms with Gasteiger partial charge >= 0.3 is 0 Å². The van der Waals surface area contributed by atoms with Crippen molar-refractivity contribution in [2.45, 2.75) is 0 Å². The number of benzene rings is 2. The highest BCUT2D eigenvalue weighted by molar-refractivity contribution is 9.08. The fourth-order valence-corrected chi connectivity index (χ4v) is 2.60. The van der Waals surface area contributed by atoms with Crippen LogP contribution in [-0.2, 0) is 0 Å². The van der Waals surface area contributed by atoms with Gasteiger partial charge in [0.25, 0.3) is 0 Å². The number of para-hydroxylation sites is 1. The van der Waals surface area contributed by atoms with Crippen LogP contribution in [0.4, 0.5) is 0 Å². The fraction of sp³-hybridized carbons (Fsp3) is 0. The molecule has 0 bridgehead atoms. The SMILES string of the molecule is O=C(c1ccc(O)cc1)c1cn(Br)c2ccccc12. The second-order valence-electron chi connectivity index (χ2n) is 4.25. The Kier molecular flexibility index (Phi) is 2.87. The number of aromatic hydroxyl groups is 1. The Morgan fingerprint density at radius 1 is 1.05 bits per heavy atom. The highest BCUT2D eigenvalue weighted by Gasteiger charge is 2.15. The molecule has 4 heteroatoms. The molecule has 1 aromatic heterocycles. The molecule has 0 aliphatic carbocycles. The van der Waals surface area contributed by atoms with Gasteiger partial charge in [-0.3, -0.25) is 8.39 Å². The Hall–Kier alpha value is -2.07. The van der Waals surface area contributed by atoms with Crippen LogP contribution in [0.1, 0.15) is 15.9 Å². The minimum absolute atomic E-state index is 0.0607. The van der Waals surface area contributed by atoms with Crippen LogP contribution in [0.25, 0.3) is 10.9 Å². The number of hydrogen-bond donors (Lipinski definition) is 1. The third-order valence-corrected chi connectivity index (χ3v) is 3.63. The zero-order valence-corrected chi connectivity index (χ0v) is 11.5. The Bertz CT molecular complexity index is 759. The van der Waals surface area contributed by atoms with Crippen molar-refractivity contribution in [1.82, 2.24) is 3.59 Å². The number of aromatic nitrogens is 1. The molecule has 1 heterocycles. The van der Waals surface area contributed by atoms with Gasteiger partial charge in [-0.25, -0.2) is 0 Å². The maximum Gasteiger partial charge on any atom is 0.195 e. The third kappa shape index (κ3) is 2.04. The molecule has 0 saturated carbocycles. The zero-order chi connectivity index (χ0) is 13.4. The molecule has 0 saturated heterocycles. The fourth-order valence-electron chi connectivity index (χ4n) is 2.09. The molecule has 0 fully saturated rings. The lowest BCUT2D eigenvalue weighted by atomic mass is 10.0. The van der Waals surface area contributed by atoms with E-state index >= 15 is 0 Å². The predicted molar refractivity (Wildman–Crippen MR) is 77.8 cm³/mol. The van der Waals surface area contributed by atoms with Gasteiger partial charge in [0.05, 0.1) is 21.7 Å². The third-order valence-electron chi connectivity index (χ3n) is 3.04. The van der Waals surface area contributed by atoms with Crippen LogP contribution in [0.3, 0.4) is 0 Å². The molecule has 0 amide bonds. The van der Waals surface area contributed by atoms with Gasteiger partial charge < -0.3 is 5.11 Å². The molecule has 1 N–H and O–H groups in total. The number of fused-ring (bicyclic) bond motifs is 1. The van der Waals surface area contributed by atoms with Crippen molar-refractivity contribution >= 4 is 32.8 Å². The lowest BCUT2D eigenvalue weighted by molar-refractivity contribution is 0.104. The quantitative estimate of drug-likeness (QED) is 0.732. The number of rotatable bonds is 2. The topological polar surface area (TPSA) is 42.2 Å². The van der Waals surface area contributed by atoms with Gasteiger partial charge in [-0.05, 0) is 30.3 Å². The first-order valence-electron chi connectivity index (χ1n) is 5.77. The highest BCUT2D eigenvalue weighted by atomic mass is 79.9. The van der Waals surface area contributed by atoms with Gasteiger partial charge in [0, 0.05) is 22.7 Å². The molecule has 0 atom stereocenters. The summed E-state index contributed by atoms with van der Waals surface area (Å²) in [6.07, 6.45) is 1.76. The van der Waals surface area contributed by atoms with Crippen LogP contribution < -0.4 is 0 Å². The normalized spacial score (nSPS) is 10.8. The van der Waals surface area contributed by atoms with Crippen molar-refractivity contribution in [3.05, 3.63) is 65.9 Å². The summed E-state index contributed by atoms with van der Waals surface area (Å²) >= 11 is 3.39. The maximum atomic E-state index is 12.5. The lowest BCUT2D eigenvalue weighted by Crippen LogP contribution is -1.99. The number of nitrogens with zero attached hydrogens (tertiary/aromatic N) is 1. The summed E-state index contributed by atoms with van der Waals surface area (Å²) in [7, 11) is 0. The van der Waals surface area contributed by atoms with E-state index in [-0.39, 0.29) is 11.5 Å². The molecule has 19 heavy (non-hydrogen) atoms. The van der Waals surface area contributed by atoms with E-state index in [1.807, 2.05) is 24.3 Å². The van der Waals surface area contributed by atoms with Crippen molar-refractivity contribution in [2.24, 2.45) is 0 Å². The van der Waals surface area contributed by atoms with E-state index in [0.717, 1.165) is 10.9 Å². The minimum atomic E-state index is -0.0607. The Labute approximate surface area is 118 Å². The summed E-state index contributed by atoms with van der Waals surface area (Å²) in [4.78, 5) is 12.5. The summed E-state index contributed by atoms with van der Waals surface area (Å²) in [6, 6.07) is 14.0. The second-order valence-corrected chi connectivity index (χ2v) is 5.01. The molecule has 3 rings (SSSR count). The zero-order valence-electron chi connectivity index (χ0n) is 9.88. The van der Waals surface area contributed by atoms with E-state index < -0.39 is 0 Å². The van der Waals surface area contributed by atoms with Crippen LogP contribution in [0.5, 0.6) is 5.75 Å². The molecular formula is C15H10BrNO2. The molecule has 0 unspecified atom stereocenters. The molecule has 3 aromatic rings. The van der Waals surface area contributed by atoms with Gasteiger partial charge in [-0.1, -0.05) is 18.2 Å². The molecule has 0 radical (unpaired) electrons. The van der Waals surface area contributed by atoms with E-state index in [4.69, 9.17) is 0 Å². The molecule has 0 spiro atoms. The van der Waals surface area contributed by atoms with Crippen molar-refractivity contribution in [3.8, 4) is 5.75 Å². The summed E-state index contributed by atoms with van der Waals surface area (Å²) in [5.74, 6) is 0.0915. The monoisotopic (exact) mass is 315 g/mol. The second kappa shape index (κ2) is 4.55. The molecule has 94 valence electrons. The summed E-state index contributed by atoms with van der Waals surface area (Å²) in [5.41, 5.74) is 2.14. The Morgan fingerprint density at radius 3 is 2.47 bits per heavy atom. The number of phenols is 1. The van der Waals surface area contributed by atoms with Crippen molar-refractivity contribution in [2.75, 3.05) is 0 Å². The van der Waals surface area contributed by atoms with Gasteiger partial charge in [0.15, 0.2) is 5.78 Å². The number of ketones is 1. The first kappa shape index (κ1) is 12.0. The number of carbonyl (C=O) groups is 1. The van der Waals surface area contributed by atoms with Crippen molar-refractivity contribution in [3.63, 3.8) is 0 Å². The van der Waals surface area contributed by atoms with E-state index in [1.54, 1.807) is 21.9 Å². The number of phenolic OH excluding ortho intramolecular Hbond substituents is 1. The van der Waals surface area contributed by atoms with E-state index in [0.29, 0.717) is 11.1 Å². The van der Waals surface area contributed by atoms with Crippen LogP contribution in [0.15, 0.2) is 54.7 Å². The van der Waals surface area contributed by atoms with Crippen LogP contribution in [0, 0.1) is 0 Å². The number of halogens is 1. The first-order chi connectivity index (χ1) is 9.16.